The highest BCUT2D eigenvalue weighted by Gasteiger charge is 1.96. The Labute approximate surface area is 124 Å². The molecule has 0 aromatic heterocycles. The zero-order chi connectivity index (χ0) is 15.4. The first kappa shape index (κ1) is 18.7. The molecule has 0 radical (unpaired) electrons. The summed E-state index contributed by atoms with van der Waals surface area (Å²) in [5.41, 5.74) is 4.12. The van der Waals surface area contributed by atoms with Crippen LogP contribution in [0.5, 0.6) is 0 Å². The van der Waals surface area contributed by atoms with Gasteiger partial charge in [-0.25, -0.2) is 0 Å². The summed E-state index contributed by atoms with van der Waals surface area (Å²) >= 11 is 0. The molecule has 0 spiro atoms. The summed E-state index contributed by atoms with van der Waals surface area (Å²) < 4.78 is 5.03. The molecule has 0 saturated carbocycles. The van der Waals surface area contributed by atoms with Crippen LogP contribution in [0.2, 0.25) is 0 Å². The van der Waals surface area contributed by atoms with Crippen LogP contribution in [0.15, 0.2) is 34.9 Å². The predicted octanol–water partition coefficient (Wildman–Crippen LogP) is 5.36. The Balaban J connectivity index is 3.88. The van der Waals surface area contributed by atoms with Crippen molar-refractivity contribution in [1.82, 2.24) is 0 Å². The quantitative estimate of drug-likeness (QED) is 0.419. The van der Waals surface area contributed by atoms with Gasteiger partial charge in [0.25, 0.3) is 0 Å². The van der Waals surface area contributed by atoms with Crippen LogP contribution < -0.4 is 0 Å². The van der Waals surface area contributed by atoms with E-state index in [1.165, 1.54) is 16.7 Å². The van der Waals surface area contributed by atoms with Gasteiger partial charge in [0.05, 0.1) is 0 Å². The van der Waals surface area contributed by atoms with E-state index in [0.717, 1.165) is 25.7 Å². The van der Waals surface area contributed by atoms with Crippen LogP contribution in [0, 0.1) is 0 Å². The molecule has 2 heteroatoms. The summed E-state index contributed by atoms with van der Waals surface area (Å²) in [6.45, 7) is 10.8. The summed E-state index contributed by atoms with van der Waals surface area (Å²) in [4.78, 5) is 11.0. The van der Waals surface area contributed by atoms with Crippen LogP contribution in [0.1, 0.15) is 66.7 Å². The molecule has 0 amide bonds. The maximum atomic E-state index is 11.0. The topological polar surface area (TPSA) is 26.3 Å². The average molecular weight is 278 g/mol. The van der Waals surface area contributed by atoms with E-state index in [-0.39, 0.29) is 5.97 Å². The van der Waals surface area contributed by atoms with Crippen molar-refractivity contribution >= 4 is 5.97 Å². The summed E-state index contributed by atoms with van der Waals surface area (Å²) in [6, 6.07) is 0. The second-order valence-corrected chi connectivity index (χ2v) is 5.50. The van der Waals surface area contributed by atoms with Crippen LogP contribution >= 0.6 is 0 Å². The summed E-state index contributed by atoms with van der Waals surface area (Å²) in [7, 11) is 0. The standard InChI is InChI=1S/C18H30O2/c1-6-18(19)20-14-13-17(5)12-8-11-16(4)10-7-9-15(2)3/h9,11,13H,6-8,10,12,14H2,1-5H3/b16-11+,17-13+. The van der Waals surface area contributed by atoms with E-state index in [9.17, 15) is 4.79 Å². The number of carbonyl (C=O) groups is 1. The predicted molar refractivity (Wildman–Crippen MR) is 86.7 cm³/mol. The van der Waals surface area contributed by atoms with E-state index in [1.54, 1.807) is 0 Å². The maximum absolute atomic E-state index is 11.0. The van der Waals surface area contributed by atoms with Crippen molar-refractivity contribution in [2.24, 2.45) is 0 Å². The number of carbonyl (C=O) groups excluding carboxylic acids is 1. The van der Waals surface area contributed by atoms with E-state index < -0.39 is 0 Å². The molecule has 0 bridgehead atoms. The smallest absolute Gasteiger partial charge is 0.305 e. The SMILES string of the molecule is CCC(=O)OC/C=C(\C)CC/C=C(\C)CCC=C(C)C. The van der Waals surface area contributed by atoms with E-state index in [1.807, 2.05) is 13.0 Å². The van der Waals surface area contributed by atoms with E-state index in [2.05, 4.69) is 39.8 Å². The Bertz CT molecular complexity index is 369. The van der Waals surface area contributed by atoms with Gasteiger partial charge >= 0.3 is 5.97 Å². The lowest BCUT2D eigenvalue weighted by atomic mass is 10.1. The highest BCUT2D eigenvalue weighted by molar-refractivity contribution is 5.68. The molecule has 114 valence electrons. The van der Waals surface area contributed by atoms with Crippen LogP contribution in [-0.4, -0.2) is 12.6 Å². The van der Waals surface area contributed by atoms with Gasteiger partial charge in [-0.3, -0.25) is 4.79 Å². The lowest BCUT2D eigenvalue weighted by molar-refractivity contribution is -0.141. The fraction of sp³-hybridized carbons (Fsp3) is 0.611. The Morgan fingerprint density at radius 2 is 1.45 bits per heavy atom. The number of allylic oxidation sites excluding steroid dienone is 5. The average Bonchev–Trinajstić information content (AvgIpc) is 2.38. The van der Waals surface area contributed by atoms with Gasteiger partial charge < -0.3 is 4.74 Å². The Hall–Kier alpha value is -1.31. The van der Waals surface area contributed by atoms with Gasteiger partial charge in [0.2, 0.25) is 0 Å². The first-order valence-corrected chi connectivity index (χ1v) is 7.56. The molecule has 20 heavy (non-hydrogen) atoms. The van der Waals surface area contributed by atoms with Gasteiger partial charge in [0, 0.05) is 6.42 Å². The van der Waals surface area contributed by atoms with Crippen LogP contribution in [0.25, 0.3) is 0 Å². The van der Waals surface area contributed by atoms with Gasteiger partial charge in [-0.05, 0) is 59.5 Å². The number of hydrogen-bond donors (Lipinski definition) is 0. The molecular weight excluding hydrogens is 248 g/mol. The first-order chi connectivity index (χ1) is 9.45. The molecule has 0 aliphatic carbocycles. The Morgan fingerprint density at radius 1 is 0.900 bits per heavy atom. The molecule has 0 aromatic rings. The molecule has 0 fully saturated rings. The number of ether oxygens (including phenoxy) is 1. The number of hydrogen-bond acceptors (Lipinski definition) is 2. The summed E-state index contributed by atoms with van der Waals surface area (Å²) in [6.07, 6.45) is 11.4. The molecule has 0 N–H and O–H groups in total. The molecule has 0 heterocycles. The summed E-state index contributed by atoms with van der Waals surface area (Å²) in [5, 5.41) is 0. The van der Waals surface area contributed by atoms with Gasteiger partial charge in [0.15, 0.2) is 0 Å². The minimum absolute atomic E-state index is 0.135. The zero-order valence-electron chi connectivity index (χ0n) is 13.8. The molecular formula is C18H30O2. The molecule has 0 rings (SSSR count). The van der Waals surface area contributed by atoms with Crippen molar-refractivity contribution < 1.29 is 9.53 Å². The largest absolute Gasteiger partial charge is 0.461 e. The van der Waals surface area contributed by atoms with Crippen molar-refractivity contribution in [2.75, 3.05) is 6.61 Å². The lowest BCUT2D eigenvalue weighted by Crippen LogP contribution is -2.02. The molecule has 0 aliphatic rings. The third-order valence-electron chi connectivity index (χ3n) is 3.09. The van der Waals surface area contributed by atoms with Gasteiger partial charge in [-0.2, -0.15) is 0 Å². The van der Waals surface area contributed by atoms with Crippen LogP contribution in [0.4, 0.5) is 0 Å². The van der Waals surface area contributed by atoms with E-state index in [4.69, 9.17) is 4.74 Å². The molecule has 0 aromatic carbocycles. The van der Waals surface area contributed by atoms with Crippen molar-refractivity contribution in [3.63, 3.8) is 0 Å². The van der Waals surface area contributed by atoms with Gasteiger partial charge in [0.1, 0.15) is 6.61 Å². The van der Waals surface area contributed by atoms with Crippen molar-refractivity contribution in [3.8, 4) is 0 Å². The highest BCUT2D eigenvalue weighted by atomic mass is 16.5. The minimum Gasteiger partial charge on any atom is -0.461 e. The number of rotatable bonds is 9. The van der Waals surface area contributed by atoms with Gasteiger partial charge in [-0.1, -0.05) is 35.8 Å². The molecule has 0 aliphatic heterocycles. The fourth-order valence-corrected chi connectivity index (χ4v) is 1.72. The van der Waals surface area contributed by atoms with Crippen molar-refractivity contribution in [2.45, 2.75) is 66.7 Å². The molecule has 2 nitrogen and oxygen atoms in total. The van der Waals surface area contributed by atoms with Crippen LogP contribution in [0.3, 0.4) is 0 Å². The second-order valence-electron chi connectivity index (χ2n) is 5.50. The Kier molecular flexibility index (Phi) is 10.8. The first-order valence-electron chi connectivity index (χ1n) is 7.56. The highest BCUT2D eigenvalue weighted by Crippen LogP contribution is 2.11. The molecule has 0 unspecified atom stereocenters. The minimum atomic E-state index is -0.135. The third-order valence-corrected chi connectivity index (χ3v) is 3.09. The molecule has 0 atom stereocenters. The third kappa shape index (κ3) is 11.8. The van der Waals surface area contributed by atoms with E-state index in [0.29, 0.717) is 13.0 Å². The fourth-order valence-electron chi connectivity index (χ4n) is 1.72. The van der Waals surface area contributed by atoms with Crippen molar-refractivity contribution in [1.29, 1.82) is 0 Å². The monoisotopic (exact) mass is 278 g/mol. The lowest BCUT2D eigenvalue weighted by Gasteiger charge is -2.02. The molecule has 0 saturated heterocycles. The second kappa shape index (κ2) is 11.5. The normalized spacial score (nSPS) is 12.2. The summed E-state index contributed by atoms with van der Waals surface area (Å²) in [5.74, 6) is -0.135. The Morgan fingerprint density at radius 3 is 2.00 bits per heavy atom. The van der Waals surface area contributed by atoms with Crippen molar-refractivity contribution in [3.05, 3.63) is 34.9 Å². The van der Waals surface area contributed by atoms with E-state index >= 15 is 0 Å². The maximum Gasteiger partial charge on any atom is 0.305 e. The van der Waals surface area contributed by atoms with Crippen LogP contribution in [-0.2, 0) is 9.53 Å². The number of esters is 1. The zero-order valence-corrected chi connectivity index (χ0v) is 13.8. The van der Waals surface area contributed by atoms with Gasteiger partial charge in [-0.15, -0.1) is 0 Å².